The first-order valence-corrected chi connectivity index (χ1v) is 10.5. The van der Waals surface area contributed by atoms with Crippen molar-refractivity contribution in [3.63, 3.8) is 0 Å². The SMILES string of the molecule is CN(CCOC(=O)c1ccc(C(C)(C)C)cc1)C1=NS(=O)(=O)c2ccccc21. The zero-order valence-corrected chi connectivity index (χ0v) is 17.3. The number of carbonyl (C=O) groups excluding carboxylic acids is 1. The second-order valence-electron chi connectivity index (χ2n) is 7.77. The lowest BCUT2D eigenvalue weighted by molar-refractivity contribution is 0.0491. The first-order chi connectivity index (χ1) is 13.1. The van der Waals surface area contributed by atoms with Crippen molar-refractivity contribution in [2.45, 2.75) is 31.1 Å². The number of esters is 1. The van der Waals surface area contributed by atoms with Gasteiger partial charge in [-0.05, 0) is 35.2 Å². The fraction of sp³-hybridized carbons (Fsp3) is 0.333. The third-order valence-corrected chi connectivity index (χ3v) is 5.95. The Morgan fingerprint density at radius 1 is 1.07 bits per heavy atom. The lowest BCUT2D eigenvalue weighted by Gasteiger charge is -2.20. The molecule has 0 radical (unpaired) electrons. The number of hydrogen-bond acceptors (Lipinski definition) is 5. The molecule has 0 aromatic heterocycles. The Bertz CT molecular complexity index is 1020. The average Bonchev–Trinajstić information content (AvgIpc) is 2.92. The highest BCUT2D eigenvalue weighted by Gasteiger charge is 2.30. The lowest BCUT2D eigenvalue weighted by Crippen LogP contribution is -2.30. The van der Waals surface area contributed by atoms with Gasteiger partial charge >= 0.3 is 5.97 Å². The summed E-state index contributed by atoms with van der Waals surface area (Å²) in [5.74, 6) is -0.0450. The number of likely N-dealkylation sites (N-methyl/N-ethyl adjacent to an activating group) is 1. The summed E-state index contributed by atoms with van der Waals surface area (Å²) in [4.78, 5) is 14.1. The molecule has 7 heteroatoms. The Morgan fingerprint density at radius 2 is 1.71 bits per heavy atom. The molecule has 2 aromatic rings. The van der Waals surface area contributed by atoms with E-state index in [0.717, 1.165) is 5.56 Å². The Balaban J connectivity index is 1.60. The minimum atomic E-state index is -3.66. The van der Waals surface area contributed by atoms with Crippen LogP contribution < -0.4 is 0 Å². The highest BCUT2D eigenvalue weighted by molar-refractivity contribution is 7.90. The van der Waals surface area contributed by atoms with E-state index in [1.807, 2.05) is 12.1 Å². The van der Waals surface area contributed by atoms with E-state index in [1.54, 1.807) is 42.3 Å². The van der Waals surface area contributed by atoms with E-state index in [4.69, 9.17) is 4.74 Å². The van der Waals surface area contributed by atoms with E-state index in [9.17, 15) is 13.2 Å². The molecule has 6 nitrogen and oxygen atoms in total. The van der Waals surface area contributed by atoms with Crippen molar-refractivity contribution in [2.75, 3.05) is 20.2 Å². The van der Waals surface area contributed by atoms with Crippen LogP contribution in [0.2, 0.25) is 0 Å². The molecule has 0 unspecified atom stereocenters. The number of ether oxygens (including phenoxy) is 1. The maximum Gasteiger partial charge on any atom is 0.338 e. The summed E-state index contributed by atoms with van der Waals surface area (Å²) < 4.78 is 33.5. The van der Waals surface area contributed by atoms with Gasteiger partial charge in [-0.1, -0.05) is 45.0 Å². The van der Waals surface area contributed by atoms with Crippen LogP contribution in [0.15, 0.2) is 57.8 Å². The second kappa shape index (κ2) is 7.39. The number of hydrogen-bond donors (Lipinski definition) is 0. The topological polar surface area (TPSA) is 76.0 Å². The van der Waals surface area contributed by atoms with Crippen molar-refractivity contribution < 1.29 is 17.9 Å². The van der Waals surface area contributed by atoms with Crippen molar-refractivity contribution in [2.24, 2.45) is 4.40 Å². The third kappa shape index (κ3) is 4.09. The van der Waals surface area contributed by atoms with Gasteiger partial charge in [-0.2, -0.15) is 8.42 Å². The van der Waals surface area contributed by atoms with Crippen LogP contribution in [0.25, 0.3) is 0 Å². The Hall–Kier alpha value is -2.67. The van der Waals surface area contributed by atoms with Gasteiger partial charge in [-0.3, -0.25) is 0 Å². The summed E-state index contributed by atoms with van der Waals surface area (Å²) in [5, 5.41) is 0. The van der Waals surface area contributed by atoms with Gasteiger partial charge in [-0.15, -0.1) is 4.40 Å². The molecule has 1 aliphatic heterocycles. The molecule has 0 amide bonds. The zero-order chi connectivity index (χ0) is 20.5. The van der Waals surface area contributed by atoms with E-state index in [0.29, 0.717) is 23.5 Å². The van der Waals surface area contributed by atoms with E-state index in [2.05, 4.69) is 25.2 Å². The first kappa shape index (κ1) is 20.1. The molecule has 0 saturated heterocycles. The van der Waals surface area contributed by atoms with Gasteiger partial charge in [-0.25, -0.2) is 4.79 Å². The van der Waals surface area contributed by atoms with Crippen LogP contribution in [0.4, 0.5) is 0 Å². The summed E-state index contributed by atoms with van der Waals surface area (Å²) >= 11 is 0. The molecule has 1 heterocycles. The third-order valence-electron chi connectivity index (χ3n) is 4.62. The molecule has 0 fully saturated rings. The van der Waals surface area contributed by atoms with E-state index in [1.165, 1.54) is 6.07 Å². The van der Waals surface area contributed by atoms with Crippen LogP contribution in [0.1, 0.15) is 42.3 Å². The number of sulfonamides is 1. The molecular weight excluding hydrogens is 376 g/mol. The molecule has 3 rings (SSSR count). The summed E-state index contributed by atoms with van der Waals surface area (Å²) in [6, 6.07) is 14.1. The fourth-order valence-electron chi connectivity index (χ4n) is 2.93. The Morgan fingerprint density at radius 3 is 2.36 bits per heavy atom. The van der Waals surface area contributed by atoms with Crippen molar-refractivity contribution in [1.82, 2.24) is 4.90 Å². The Labute approximate surface area is 165 Å². The largest absolute Gasteiger partial charge is 0.460 e. The minimum Gasteiger partial charge on any atom is -0.460 e. The average molecular weight is 401 g/mol. The quantitative estimate of drug-likeness (QED) is 0.737. The molecule has 0 atom stereocenters. The molecule has 0 bridgehead atoms. The molecular formula is C21H24N2O4S. The predicted molar refractivity (Wildman–Crippen MR) is 108 cm³/mol. The van der Waals surface area contributed by atoms with E-state index in [-0.39, 0.29) is 16.9 Å². The minimum absolute atomic E-state index is 0.0176. The number of nitrogens with zero attached hydrogens (tertiary/aromatic N) is 2. The second-order valence-corrected chi connectivity index (χ2v) is 9.34. The summed E-state index contributed by atoms with van der Waals surface area (Å²) in [6.45, 7) is 6.78. The smallest absolute Gasteiger partial charge is 0.338 e. The molecule has 148 valence electrons. The molecule has 28 heavy (non-hydrogen) atoms. The van der Waals surface area contributed by atoms with Crippen LogP contribution in [0.5, 0.6) is 0 Å². The van der Waals surface area contributed by atoms with Crippen molar-refractivity contribution in [3.8, 4) is 0 Å². The van der Waals surface area contributed by atoms with Gasteiger partial charge in [0.2, 0.25) is 0 Å². The van der Waals surface area contributed by atoms with Crippen molar-refractivity contribution in [1.29, 1.82) is 0 Å². The lowest BCUT2D eigenvalue weighted by atomic mass is 9.87. The first-order valence-electron chi connectivity index (χ1n) is 9.03. The Kier molecular flexibility index (Phi) is 5.30. The maximum absolute atomic E-state index is 12.2. The summed E-state index contributed by atoms with van der Waals surface area (Å²) in [5.41, 5.74) is 2.21. The monoisotopic (exact) mass is 400 g/mol. The van der Waals surface area contributed by atoms with Crippen LogP contribution in [-0.4, -0.2) is 45.3 Å². The van der Waals surface area contributed by atoms with Crippen LogP contribution in [0.3, 0.4) is 0 Å². The number of benzene rings is 2. The molecule has 0 spiro atoms. The zero-order valence-electron chi connectivity index (χ0n) is 16.5. The fourth-order valence-corrected chi connectivity index (χ4v) is 4.19. The number of rotatable bonds is 4. The van der Waals surface area contributed by atoms with Crippen LogP contribution in [-0.2, 0) is 20.2 Å². The molecule has 0 N–H and O–H groups in total. The van der Waals surface area contributed by atoms with Crippen LogP contribution >= 0.6 is 0 Å². The molecule has 0 aliphatic carbocycles. The van der Waals surface area contributed by atoms with E-state index < -0.39 is 16.0 Å². The van der Waals surface area contributed by atoms with Crippen LogP contribution in [0, 0.1) is 0 Å². The van der Waals surface area contributed by atoms with Gasteiger partial charge in [0.25, 0.3) is 10.0 Å². The highest BCUT2D eigenvalue weighted by Crippen LogP contribution is 2.27. The van der Waals surface area contributed by atoms with Crippen molar-refractivity contribution in [3.05, 3.63) is 65.2 Å². The number of fused-ring (bicyclic) bond motifs is 1. The number of amidine groups is 1. The van der Waals surface area contributed by atoms with Gasteiger partial charge in [0.15, 0.2) is 5.84 Å². The standard InChI is InChI=1S/C21H24N2O4S/c1-21(2,3)16-11-9-15(10-12-16)20(24)27-14-13-23(4)19-17-7-5-6-8-18(17)28(25,26)22-19/h5-12H,13-14H2,1-4H3. The van der Waals surface area contributed by atoms with E-state index >= 15 is 0 Å². The van der Waals surface area contributed by atoms with Gasteiger partial charge in [0.05, 0.1) is 12.1 Å². The molecule has 0 saturated carbocycles. The van der Waals surface area contributed by atoms with Gasteiger partial charge in [0, 0.05) is 12.6 Å². The van der Waals surface area contributed by atoms with Gasteiger partial charge < -0.3 is 9.64 Å². The maximum atomic E-state index is 12.2. The molecule has 1 aliphatic rings. The summed E-state index contributed by atoms with van der Waals surface area (Å²) in [7, 11) is -1.94. The number of carbonyl (C=O) groups is 1. The van der Waals surface area contributed by atoms with Crippen molar-refractivity contribution >= 4 is 21.8 Å². The van der Waals surface area contributed by atoms with Gasteiger partial charge in [0.1, 0.15) is 11.5 Å². The molecule has 2 aromatic carbocycles. The predicted octanol–water partition coefficient (Wildman–Crippen LogP) is 3.22. The normalized spacial score (nSPS) is 14.9. The highest BCUT2D eigenvalue weighted by atomic mass is 32.2. The summed E-state index contributed by atoms with van der Waals surface area (Å²) in [6.07, 6.45) is 0.